The first kappa shape index (κ1) is 24.2. The fraction of sp³-hybridized carbons (Fsp3) is 0.105. The van der Waals surface area contributed by atoms with E-state index < -0.39 is 0 Å². The van der Waals surface area contributed by atoms with Crippen LogP contribution >= 0.6 is 0 Å². The molecule has 1 N–H and O–H groups in total. The van der Waals surface area contributed by atoms with Gasteiger partial charge in [-0.05, 0) is 71.5 Å². The van der Waals surface area contributed by atoms with Gasteiger partial charge >= 0.3 is 0 Å². The van der Waals surface area contributed by atoms with Crippen molar-refractivity contribution in [3.8, 4) is 16.8 Å². The quantitative estimate of drug-likeness (QED) is 0.241. The highest BCUT2D eigenvalue weighted by Crippen LogP contribution is 2.36. The van der Waals surface area contributed by atoms with Crippen molar-refractivity contribution in [1.82, 2.24) is 9.55 Å². The number of para-hydroxylation sites is 2. The fourth-order valence-corrected chi connectivity index (χ4v) is 6.13. The van der Waals surface area contributed by atoms with Gasteiger partial charge in [0.15, 0.2) is 0 Å². The Labute approximate surface area is 234 Å². The molecule has 0 aliphatic heterocycles. The van der Waals surface area contributed by atoms with Gasteiger partial charge in [0.25, 0.3) is 0 Å². The first-order valence-electron chi connectivity index (χ1n) is 14.3. The van der Waals surface area contributed by atoms with Crippen molar-refractivity contribution in [3.05, 3.63) is 133 Å². The van der Waals surface area contributed by atoms with Crippen LogP contribution in [0, 0.1) is 0 Å². The molecular formula is C38H32N2. The maximum atomic E-state index is 3.60. The predicted octanol–water partition coefficient (Wildman–Crippen LogP) is 10.8. The smallest absolute Gasteiger partial charge is 0.0547 e. The molecule has 0 amide bonds. The number of H-pyrrole nitrogens is 1. The van der Waals surface area contributed by atoms with Crippen molar-refractivity contribution >= 4 is 49.2 Å². The third kappa shape index (κ3) is 3.96. The van der Waals surface area contributed by atoms with E-state index in [1.807, 2.05) is 13.8 Å². The van der Waals surface area contributed by atoms with Gasteiger partial charge in [0, 0.05) is 38.3 Å². The molecule has 0 radical (unpaired) electrons. The molecule has 2 nitrogen and oxygen atoms in total. The van der Waals surface area contributed by atoms with Crippen molar-refractivity contribution in [1.29, 1.82) is 0 Å². The maximum absolute atomic E-state index is 3.60. The summed E-state index contributed by atoms with van der Waals surface area (Å²) in [6, 6.07) is 40.0. The van der Waals surface area contributed by atoms with Gasteiger partial charge in [0.2, 0.25) is 0 Å². The molecule has 5 aromatic carbocycles. The minimum atomic E-state index is 1.11. The van der Waals surface area contributed by atoms with Crippen molar-refractivity contribution in [2.75, 3.05) is 0 Å². The summed E-state index contributed by atoms with van der Waals surface area (Å²) in [5.74, 6) is 0. The lowest BCUT2D eigenvalue weighted by Crippen LogP contribution is -1.95. The van der Waals surface area contributed by atoms with Crippen LogP contribution < -0.4 is 0 Å². The molecule has 0 unspecified atom stereocenters. The van der Waals surface area contributed by atoms with Crippen molar-refractivity contribution < 1.29 is 0 Å². The van der Waals surface area contributed by atoms with Gasteiger partial charge < -0.3 is 9.55 Å². The molecule has 1 aliphatic rings. The summed E-state index contributed by atoms with van der Waals surface area (Å²) in [4.78, 5) is 3.60. The van der Waals surface area contributed by atoms with Gasteiger partial charge in [0.05, 0.1) is 11.0 Å². The number of nitrogens with one attached hydrogen (secondary N) is 1. The molecule has 1 aliphatic carbocycles. The molecule has 0 saturated heterocycles. The van der Waals surface area contributed by atoms with E-state index in [9.17, 15) is 0 Å². The molecule has 0 fully saturated rings. The number of benzene rings is 5. The van der Waals surface area contributed by atoms with Crippen LogP contribution in [-0.2, 0) is 0 Å². The molecule has 2 heteroatoms. The van der Waals surface area contributed by atoms with E-state index in [1.165, 1.54) is 71.6 Å². The van der Waals surface area contributed by atoms with Gasteiger partial charge in [-0.3, -0.25) is 0 Å². The fourth-order valence-electron chi connectivity index (χ4n) is 6.13. The van der Waals surface area contributed by atoms with Gasteiger partial charge in [-0.15, -0.1) is 0 Å². The zero-order chi connectivity index (χ0) is 27.1. The normalized spacial score (nSPS) is 13.1. The summed E-state index contributed by atoms with van der Waals surface area (Å²) in [5.41, 5.74) is 11.2. The average Bonchev–Trinajstić information content (AvgIpc) is 3.57. The maximum Gasteiger partial charge on any atom is 0.0547 e. The van der Waals surface area contributed by atoms with E-state index in [-0.39, 0.29) is 0 Å². The highest BCUT2D eigenvalue weighted by atomic mass is 15.0. The first-order valence-corrected chi connectivity index (χ1v) is 14.3. The van der Waals surface area contributed by atoms with Crippen LogP contribution in [0.3, 0.4) is 0 Å². The van der Waals surface area contributed by atoms with Gasteiger partial charge in [0.1, 0.15) is 0 Å². The Balaban J connectivity index is 0.00000130. The highest BCUT2D eigenvalue weighted by Gasteiger charge is 2.14. The highest BCUT2D eigenvalue weighted by molar-refractivity contribution is 6.11. The lowest BCUT2D eigenvalue weighted by Gasteiger charge is -2.12. The molecule has 0 spiro atoms. The number of hydrogen-bond donors (Lipinski definition) is 1. The van der Waals surface area contributed by atoms with E-state index in [2.05, 4.69) is 137 Å². The Bertz CT molecular complexity index is 2060. The molecular weight excluding hydrogens is 484 g/mol. The minimum absolute atomic E-state index is 1.11. The number of nitrogens with zero attached hydrogens (tertiary/aromatic N) is 1. The molecule has 40 heavy (non-hydrogen) atoms. The van der Waals surface area contributed by atoms with Crippen molar-refractivity contribution in [2.45, 2.75) is 26.7 Å². The first-order chi connectivity index (χ1) is 19.8. The van der Waals surface area contributed by atoms with E-state index in [0.29, 0.717) is 0 Å². The number of aromatic amines is 1. The number of aromatic nitrogens is 2. The molecule has 0 bridgehead atoms. The van der Waals surface area contributed by atoms with Crippen LogP contribution in [0.1, 0.15) is 32.3 Å². The summed E-state index contributed by atoms with van der Waals surface area (Å²) in [6.45, 7) is 4.00. The summed E-state index contributed by atoms with van der Waals surface area (Å²) in [5, 5.41) is 5.10. The Kier molecular flexibility index (Phi) is 6.09. The summed E-state index contributed by atoms with van der Waals surface area (Å²) >= 11 is 0. The number of rotatable bonds is 3. The number of hydrogen-bond acceptors (Lipinski definition) is 0. The Morgan fingerprint density at radius 1 is 0.575 bits per heavy atom. The lowest BCUT2D eigenvalue weighted by molar-refractivity contribution is 1.05. The third-order valence-electron chi connectivity index (χ3n) is 8.02. The zero-order valence-corrected chi connectivity index (χ0v) is 23.0. The van der Waals surface area contributed by atoms with Gasteiger partial charge in [-0.25, -0.2) is 0 Å². The Morgan fingerprint density at radius 2 is 1.23 bits per heavy atom. The Morgan fingerprint density at radius 3 is 2.02 bits per heavy atom. The van der Waals surface area contributed by atoms with E-state index in [0.717, 1.165) is 12.8 Å². The summed E-state index contributed by atoms with van der Waals surface area (Å²) < 4.78 is 2.41. The molecule has 0 atom stereocenters. The van der Waals surface area contributed by atoms with Gasteiger partial charge in [-0.1, -0.05) is 105 Å². The molecule has 0 saturated carbocycles. The van der Waals surface area contributed by atoms with Crippen LogP contribution in [0.15, 0.2) is 127 Å². The Hall–Kier alpha value is -4.82. The monoisotopic (exact) mass is 516 g/mol. The third-order valence-corrected chi connectivity index (χ3v) is 8.02. The minimum Gasteiger partial charge on any atom is -0.354 e. The predicted molar refractivity (Wildman–Crippen MR) is 173 cm³/mol. The van der Waals surface area contributed by atoms with Crippen LogP contribution in [0.2, 0.25) is 0 Å². The van der Waals surface area contributed by atoms with Gasteiger partial charge in [-0.2, -0.15) is 0 Å². The average molecular weight is 517 g/mol. The molecule has 194 valence electrons. The summed E-state index contributed by atoms with van der Waals surface area (Å²) in [6.07, 6.45) is 8.88. The van der Waals surface area contributed by atoms with E-state index >= 15 is 0 Å². The van der Waals surface area contributed by atoms with Crippen LogP contribution in [0.4, 0.5) is 0 Å². The number of allylic oxidation sites excluding steroid dienone is 4. The van der Waals surface area contributed by atoms with Crippen molar-refractivity contribution in [2.24, 2.45) is 0 Å². The second-order valence-corrected chi connectivity index (χ2v) is 10.2. The lowest BCUT2D eigenvalue weighted by atomic mass is 9.97. The van der Waals surface area contributed by atoms with Crippen LogP contribution in [0.25, 0.3) is 66.0 Å². The molecule has 2 aromatic heterocycles. The SMILES string of the molecule is C1=CCCC(c2ccc(-n3c4ccccc4c4ccc(-c5ccc6c(c5)[nH]c5ccccc56)cc43)cc2)=C1.CC. The van der Waals surface area contributed by atoms with Crippen LogP contribution in [-0.4, -0.2) is 9.55 Å². The molecule has 7 aromatic rings. The summed E-state index contributed by atoms with van der Waals surface area (Å²) in [7, 11) is 0. The number of fused-ring (bicyclic) bond motifs is 6. The second-order valence-electron chi connectivity index (χ2n) is 10.2. The zero-order valence-electron chi connectivity index (χ0n) is 23.0. The van der Waals surface area contributed by atoms with E-state index in [4.69, 9.17) is 0 Å². The molecule has 2 heterocycles. The van der Waals surface area contributed by atoms with E-state index in [1.54, 1.807) is 0 Å². The topological polar surface area (TPSA) is 20.7 Å². The van der Waals surface area contributed by atoms with Crippen molar-refractivity contribution in [3.63, 3.8) is 0 Å². The standard InChI is InChI=1S/C36H26N2.C2H6/c1-2-8-24(9-3-1)25-14-18-28(19-15-25)38-35-13-7-5-11-31(35)32-21-17-27(23-36(32)38)26-16-20-30-29-10-4-6-12-33(29)37-34(30)22-26;1-2/h1-2,4-8,10-23,37H,3,9H2;1-2H3. The molecule has 8 rings (SSSR count). The second kappa shape index (κ2) is 10.1. The largest absolute Gasteiger partial charge is 0.354 e. The van der Waals surface area contributed by atoms with Crippen LogP contribution in [0.5, 0.6) is 0 Å².